The van der Waals surface area contributed by atoms with Crippen molar-refractivity contribution in [3.05, 3.63) is 127 Å². The summed E-state index contributed by atoms with van der Waals surface area (Å²) in [5.41, 5.74) is 1.93. The molecule has 16 heteroatoms. The molecule has 0 unspecified atom stereocenters. The lowest BCUT2D eigenvalue weighted by molar-refractivity contribution is -0.141. The summed E-state index contributed by atoms with van der Waals surface area (Å²) >= 11 is 0. The van der Waals surface area contributed by atoms with E-state index in [1.165, 1.54) is 0 Å². The first-order chi connectivity index (χ1) is 35.5. The van der Waals surface area contributed by atoms with Gasteiger partial charge in [-0.25, -0.2) is 24.0 Å². The highest BCUT2D eigenvalue weighted by Crippen LogP contribution is 2.29. The lowest BCUT2D eigenvalue weighted by atomic mass is 9.87. The Morgan fingerprint density at radius 2 is 0.730 bits per heavy atom. The summed E-state index contributed by atoms with van der Waals surface area (Å²) in [6, 6.07) is 20.3. The van der Waals surface area contributed by atoms with Gasteiger partial charge in [0.25, 0.3) is 0 Å². The van der Waals surface area contributed by atoms with Crippen molar-refractivity contribution in [2.75, 3.05) is 52.9 Å². The smallest absolute Gasteiger partial charge is 0.343 e. The molecule has 1 aliphatic rings. The van der Waals surface area contributed by atoms with Crippen molar-refractivity contribution < 1.29 is 76.1 Å². The van der Waals surface area contributed by atoms with Crippen LogP contribution in [0.3, 0.4) is 0 Å². The van der Waals surface area contributed by atoms with Gasteiger partial charge >= 0.3 is 35.8 Å². The van der Waals surface area contributed by atoms with Crippen molar-refractivity contribution in [1.82, 2.24) is 0 Å². The lowest BCUT2D eigenvalue weighted by Gasteiger charge is -2.27. The van der Waals surface area contributed by atoms with Crippen LogP contribution in [0, 0.1) is 5.92 Å². The molecular weight excluding hydrogens is 953 g/mol. The van der Waals surface area contributed by atoms with E-state index in [1.54, 1.807) is 100 Å². The average molecular weight is 1030 g/mol. The molecule has 0 saturated heterocycles. The number of rotatable bonds is 32. The van der Waals surface area contributed by atoms with Gasteiger partial charge in [-0.3, -0.25) is 4.79 Å². The van der Waals surface area contributed by atoms with Crippen LogP contribution in [0.4, 0.5) is 0 Å². The van der Waals surface area contributed by atoms with Crippen molar-refractivity contribution in [3.8, 4) is 28.7 Å². The van der Waals surface area contributed by atoms with Gasteiger partial charge in [0.1, 0.15) is 42.0 Å². The fraction of sp³-hybridized carbons (Fsp3) is 0.448. The molecule has 0 bridgehead atoms. The van der Waals surface area contributed by atoms with Crippen molar-refractivity contribution in [3.63, 3.8) is 0 Å². The maximum Gasteiger partial charge on any atom is 0.343 e. The molecular formula is C58H74O16. The van der Waals surface area contributed by atoms with Crippen LogP contribution < -0.4 is 23.7 Å². The molecule has 4 rings (SSSR count). The molecule has 16 nitrogen and oxygen atoms in total. The summed E-state index contributed by atoms with van der Waals surface area (Å²) in [5.74, 6) is 0.407. The highest BCUT2D eigenvalue weighted by Gasteiger charge is 2.28. The van der Waals surface area contributed by atoms with Crippen LogP contribution in [0.15, 0.2) is 121 Å². The quantitative estimate of drug-likeness (QED) is 0.0188. The van der Waals surface area contributed by atoms with E-state index >= 15 is 0 Å². The van der Waals surface area contributed by atoms with Gasteiger partial charge in [0.2, 0.25) is 0 Å². The zero-order chi connectivity index (χ0) is 54.1. The minimum Gasteiger partial charge on any atom is -0.494 e. The van der Waals surface area contributed by atoms with Crippen LogP contribution in [0.5, 0.6) is 28.7 Å². The highest BCUT2D eigenvalue weighted by atomic mass is 16.6. The third-order valence-electron chi connectivity index (χ3n) is 10.9. The lowest BCUT2D eigenvalue weighted by Crippen LogP contribution is -2.29. The van der Waals surface area contributed by atoms with Crippen molar-refractivity contribution >= 4 is 35.8 Å². The third kappa shape index (κ3) is 26.0. The summed E-state index contributed by atoms with van der Waals surface area (Å²) in [6.45, 7) is 23.7. The second kappa shape index (κ2) is 35.0. The van der Waals surface area contributed by atoms with E-state index in [0.717, 1.165) is 70.6 Å². The second-order valence-electron chi connectivity index (χ2n) is 17.7. The van der Waals surface area contributed by atoms with Gasteiger partial charge in [-0.05, 0) is 178 Å². The van der Waals surface area contributed by atoms with E-state index in [1.807, 2.05) is 0 Å². The van der Waals surface area contributed by atoms with Crippen molar-refractivity contribution in [2.45, 2.75) is 111 Å². The number of carbonyl (C=O) groups excluding carboxylic acids is 6. The zero-order valence-corrected chi connectivity index (χ0v) is 43.6. The molecule has 1 aliphatic carbocycles. The van der Waals surface area contributed by atoms with Crippen molar-refractivity contribution in [2.24, 2.45) is 5.92 Å². The van der Waals surface area contributed by atoms with Crippen LogP contribution in [-0.2, 0) is 47.7 Å². The van der Waals surface area contributed by atoms with Crippen LogP contribution >= 0.6 is 0 Å². The molecule has 1 saturated carbocycles. The number of benzene rings is 3. The van der Waals surface area contributed by atoms with Crippen LogP contribution in [0.2, 0.25) is 0 Å². The number of esters is 6. The van der Waals surface area contributed by atoms with E-state index in [4.69, 9.17) is 47.4 Å². The largest absolute Gasteiger partial charge is 0.494 e. The first-order valence-electron chi connectivity index (χ1n) is 25.1. The van der Waals surface area contributed by atoms with Gasteiger partial charge in [0.05, 0.1) is 50.6 Å². The Hall–Kier alpha value is -7.20. The zero-order valence-electron chi connectivity index (χ0n) is 43.6. The number of ether oxygens (including phenoxy) is 10. The third-order valence-corrected chi connectivity index (χ3v) is 10.9. The Labute approximate surface area is 435 Å². The molecule has 0 aliphatic heterocycles. The molecule has 0 amide bonds. The van der Waals surface area contributed by atoms with Gasteiger partial charge in [-0.15, -0.1) is 0 Å². The summed E-state index contributed by atoms with van der Waals surface area (Å²) in [6.07, 6.45) is 9.86. The van der Waals surface area contributed by atoms with Gasteiger partial charge in [-0.1, -0.05) is 26.3 Å². The molecule has 74 heavy (non-hydrogen) atoms. The fourth-order valence-electron chi connectivity index (χ4n) is 6.60. The molecule has 0 spiro atoms. The minimum absolute atomic E-state index is 0.108. The Balaban J connectivity index is 0.000000390. The van der Waals surface area contributed by atoms with Gasteiger partial charge < -0.3 is 47.4 Å². The van der Waals surface area contributed by atoms with Crippen LogP contribution in [0.1, 0.15) is 115 Å². The summed E-state index contributed by atoms with van der Waals surface area (Å²) in [5, 5.41) is 0. The van der Waals surface area contributed by atoms with E-state index in [2.05, 4.69) is 26.3 Å². The summed E-state index contributed by atoms with van der Waals surface area (Å²) < 4.78 is 53.9. The fourth-order valence-corrected chi connectivity index (χ4v) is 6.60. The first-order valence-corrected chi connectivity index (χ1v) is 25.1. The van der Waals surface area contributed by atoms with Crippen molar-refractivity contribution in [1.29, 1.82) is 0 Å². The topological polar surface area (TPSA) is 195 Å². The molecule has 1 fully saturated rings. The minimum atomic E-state index is -0.487. The predicted octanol–water partition coefficient (Wildman–Crippen LogP) is 10.8. The monoisotopic (exact) mass is 1030 g/mol. The Bertz CT molecular complexity index is 2270. The summed E-state index contributed by atoms with van der Waals surface area (Å²) in [7, 11) is 0. The molecule has 3 aromatic rings. The van der Waals surface area contributed by atoms with Gasteiger partial charge in [0.15, 0.2) is 0 Å². The Morgan fingerprint density at radius 3 is 1.18 bits per heavy atom. The normalized spacial score (nSPS) is 13.6. The molecule has 0 heterocycles. The SMILES string of the molecule is C=C(C)C(=O)OCCCCCCOc1ccc(C(=O)Oc2ccc(OCCOC(=O)C(=C)C)cc2)cc1.C=C(C)C(=O)OCCCCOc1ccc(OC(=O)C2CCC(OCCCCOC(=O)C(=C)C)CC2)cc1. The van der Waals surface area contributed by atoms with E-state index < -0.39 is 11.9 Å². The molecule has 0 N–H and O–H groups in total. The number of hydrogen-bond acceptors (Lipinski definition) is 16. The van der Waals surface area contributed by atoms with E-state index in [0.29, 0.717) is 103 Å². The van der Waals surface area contributed by atoms with Crippen LogP contribution in [0.25, 0.3) is 0 Å². The number of carbonyl (C=O) groups is 6. The molecule has 3 aromatic carbocycles. The standard InChI is InChI=1S/C29H40O8.C29H34O8/c1-21(2)27(30)35-19-7-5-17-33-24-11-9-23(10-12-24)29(32)37-26-15-13-25(14-16-26)34-18-6-8-20-36-28(31)22(3)4;1-21(2)27(30)35-18-8-6-5-7-17-33-24-11-9-23(10-12-24)29(32)37-26-15-13-25(14-16-26)34-19-20-36-28(31)22(3)4/h13-16,23-24H,1,3,5-12,17-20H2,2,4H3;9-16H,1,3,5-8,17-20H2,2,4H3. The second-order valence-corrected chi connectivity index (χ2v) is 17.7. The van der Waals surface area contributed by atoms with Crippen LogP contribution in [-0.4, -0.2) is 94.8 Å². The maximum atomic E-state index is 12.6. The number of hydrogen-bond donors (Lipinski definition) is 0. The molecule has 0 atom stereocenters. The highest BCUT2D eigenvalue weighted by molar-refractivity contribution is 5.91. The average Bonchev–Trinajstić information content (AvgIpc) is 3.39. The maximum absolute atomic E-state index is 12.6. The first kappa shape index (κ1) is 61.1. The molecule has 402 valence electrons. The Morgan fingerprint density at radius 1 is 0.392 bits per heavy atom. The van der Waals surface area contributed by atoms with E-state index in [-0.39, 0.29) is 49.1 Å². The summed E-state index contributed by atoms with van der Waals surface area (Å²) in [4.78, 5) is 70.2. The Kier molecular flexibility index (Phi) is 28.9. The molecule has 0 radical (unpaired) electrons. The predicted molar refractivity (Wildman–Crippen MR) is 278 cm³/mol. The van der Waals surface area contributed by atoms with Gasteiger partial charge in [0, 0.05) is 28.9 Å². The number of unbranched alkanes of at least 4 members (excludes halogenated alkanes) is 5. The van der Waals surface area contributed by atoms with E-state index in [9.17, 15) is 28.8 Å². The molecule has 0 aromatic heterocycles. The van der Waals surface area contributed by atoms with Gasteiger partial charge in [-0.2, -0.15) is 0 Å².